The largest absolute Gasteiger partial charge is 0.466 e. The second kappa shape index (κ2) is 9.07. The normalized spacial score (nSPS) is 11.3. The van der Waals surface area contributed by atoms with Gasteiger partial charge in [0, 0.05) is 21.3 Å². The number of methoxy groups -OCH3 is 1. The molecule has 1 heterocycles. The summed E-state index contributed by atoms with van der Waals surface area (Å²) in [6, 6.07) is 18.5. The highest BCUT2D eigenvalue weighted by molar-refractivity contribution is 9.10. The zero-order chi connectivity index (χ0) is 23.6. The Morgan fingerprint density at radius 1 is 1.03 bits per heavy atom. The molecule has 0 saturated heterocycles. The number of nitrogens with zero attached hydrogens (tertiary/aromatic N) is 3. The van der Waals surface area contributed by atoms with E-state index >= 15 is 0 Å². The van der Waals surface area contributed by atoms with E-state index in [1.54, 1.807) is 42.5 Å². The molecule has 4 aromatic rings. The molecule has 1 N–H and O–H groups in total. The van der Waals surface area contributed by atoms with Crippen molar-refractivity contribution in [2.24, 2.45) is 0 Å². The van der Waals surface area contributed by atoms with E-state index < -0.39 is 11.7 Å². The number of amides is 1. The highest BCUT2D eigenvalue weighted by Crippen LogP contribution is 2.33. The third-order valence-electron chi connectivity index (χ3n) is 4.67. The van der Waals surface area contributed by atoms with E-state index in [0.29, 0.717) is 16.9 Å². The number of nitrogens with one attached hydrogen (secondary N) is 1. The Balaban J connectivity index is 1.64. The molecule has 0 radical (unpaired) electrons. The minimum atomic E-state index is -4.49. The van der Waals surface area contributed by atoms with Crippen molar-refractivity contribution in [3.63, 3.8) is 0 Å². The van der Waals surface area contributed by atoms with Crippen LogP contribution in [0.25, 0.3) is 17.1 Å². The highest BCUT2D eigenvalue weighted by atomic mass is 79.9. The van der Waals surface area contributed by atoms with Crippen LogP contribution in [0.4, 0.5) is 18.9 Å². The topological polar surface area (TPSA) is 69.0 Å². The van der Waals surface area contributed by atoms with E-state index in [1.807, 2.05) is 6.07 Å². The maximum absolute atomic E-state index is 13.2. The predicted octanol–water partition coefficient (Wildman–Crippen LogP) is 5.98. The third-order valence-corrected chi connectivity index (χ3v) is 5.17. The first kappa shape index (κ1) is 22.5. The Morgan fingerprint density at radius 2 is 1.76 bits per heavy atom. The molecule has 33 heavy (non-hydrogen) atoms. The number of anilines is 1. The summed E-state index contributed by atoms with van der Waals surface area (Å²) in [5.41, 5.74) is 0.989. The van der Waals surface area contributed by atoms with Crippen molar-refractivity contribution in [3.05, 3.63) is 88.4 Å². The van der Waals surface area contributed by atoms with Crippen LogP contribution in [0, 0.1) is 0 Å². The van der Waals surface area contributed by atoms with Gasteiger partial charge in [0.25, 0.3) is 5.91 Å². The predicted molar refractivity (Wildman–Crippen MR) is 120 cm³/mol. The summed E-state index contributed by atoms with van der Waals surface area (Å²) in [4.78, 5) is 16.7. The van der Waals surface area contributed by atoms with Gasteiger partial charge in [-0.3, -0.25) is 4.79 Å². The van der Waals surface area contributed by atoms with Crippen LogP contribution in [0.2, 0.25) is 0 Å². The Labute approximate surface area is 195 Å². The molecule has 0 aliphatic heterocycles. The van der Waals surface area contributed by atoms with E-state index in [-0.39, 0.29) is 23.3 Å². The number of hydrogen-bond donors (Lipinski definition) is 1. The number of benzene rings is 3. The molecule has 0 bridgehead atoms. The van der Waals surface area contributed by atoms with Crippen molar-refractivity contribution in [2.45, 2.75) is 6.18 Å². The van der Waals surface area contributed by atoms with E-state index in [4.69, 9.17) is 4.74 Å². The fourth-order valence-electron chi connectivity index (χ4n) is 3.10. The van der Waals surface area contributed by atoms with Gasteiger partial charge in [0.2, 0.25) is 0 Å². The van der Waals surface area contributed by atoms with Crippen LogP contribution < -0.4 is 10.1 Å². The molecule has 0 atom stereocenters. The summed E-state index contributed by atoms with van der Waals surface area (Å²) in [6.45, 7) is 0. The van der Waals surface area contributed by atoms with Gasteiger partial charge in [-0.1, -0.05) is 34.1 Å². The zero-order valence-corrected chi connectivity index (χ0v) is 18.7. The number of rotatable bonds is 5. The van der Waals surface area contributed by atoms with Crippen LogP contribution in [-0.4, -0.2) is 27.8 Å². The van der Waals surface area contributed by atoms with E-state index in [1.165, 1.54) is 23.9 Å². The van der Waals surface area contributed by atoms with Crippen molar-refractivity contribution in [3.8, 4) is 23.1 Å². The molecule has 168 valence electrons. The van der Waals surface area contributed by atoms with Crippen molar-refractivity contribution in [1.29, 1.82) is 0 Å². The van der Waals surface area contributed by atoms with E-state index in [0.717, 1.165) is 16.6 Å². The van der Waals surface area contributed by atoms with Crippen LogP contribution in [0.1, 0.15) is 15.9 Å². The Morgan fingerprint density at radius 3 is 2.42 bits per heavy atom. The second-order valence-electron chi connectivity index (χ2n) is 6.92. The summed E-state index contributed by atoms with van der Waals surface area (Å²) in [6.07, 6.45) is -4.49. The monoisotopic (exact) mass is 516 g/mol. The maximum atomic E-state index is 13.2. The van der Waals surface area contributed by atoms with Crippen molar-refractivity contribution >= 4 is 27.5 Å². The van der Waals surface area contributed by atoms with E-state index in [2.05, 4.69) is 31.3 Å². The summed E-state index contributed by atoms with van der Waals surface area (Å²) in [5, 5.41) is 7.02. The number of halogens is 4. The third kappa shape index (κ3) is 5.06. The van der Waals surface area contributed by atoms with Crippen molar-refractivity contribution < 1.29 is 22.7 Å². The molecule has 1 aromatic heterocycles. The molecule has 0 aliphatic rings. The molecule has 0 aliphatic carbocycles. The first-order valence-corrected chi connectivity index (χ1v) is 10.4. The molecule has 3 aromatic carbocycles. The molecular formula is C23H16BrF3N4O2. The summed E-state index contributed by atoms with van der Waals surface area (Å²) < 4.78 is 46.8. The Kier molecular flexibility index (Phi) is 6.19. The molecule has 0 unspecified atom stereocenters. The lowest BCUT2D eigenvalue weighted by molar-refractivity contribution is -0.137. The molecule has 0 fully saturated rings. The molecule has 6 nitrogen and oxygen atoms in total. The molecule has 1 amide bonds. The van der Waals surface area contributed by atoms with Crippen LogP contribution in [0.15, 0.2) is 77.3 Å². The number of carbonyl (C=O) groups is 1. The van der Waals surface area contributed by atoms with E-state index in [9.17, 15) is 18.0 Å². The van der Waals surface area contributed by atoms with Gasteiger partial charge in [-0.25, -0.2) is 4.68 Å². The van der Waals surface area contributed by atoms with Crippen LogP contribution in [-0.2, 0) is 6.18 Å². The van der Waals surface area contributed by atoms with Crippen LogP contribution >= 0.6 is 15.9 Å². The average molecular weight is 517 g/mol. The lowest BCUT2D eigenvalue weighted by Gasteiger charge is -2.10. The molecular weight excluding hydrogens is 501 g/mol. The number of aromatic nitrogens is 3. The minimum absolute atomic E-state index is 0.00875. The van der Waals surface area contributed by atoms with Gasteiger partial charge < -0.3 is 10.1 Å². The molecule has 4 rings (SSSR count). The molecule has 10 heteroatoms. The lowest BCUT2D eigenvalue weighted by atomic mass is 10.1. The number of hydrogen-bond acceptors (Lipinski definition) is 4. The number of ether oxygens (including phenoxy) is 1. The zero-order valence-electron chi connectivity index (χ0n) is 17.1. The van der Waals surface area contributed by atoms with Crippen LogP contribution in [0.5, 0.6) is 6.01 Å². The summed E-state index contributed by atoms with van der Waals surface area (Å²) in [5.74, 6) is -0.0972. The average Bonchev–Trinajstić information content (AvgIpc) is 3.24. The van der Waals surface area contributed by atoms with Gasteiger partial charge in [0.05, 0.1) is 18.4 Å². The van der Waals surface area contributed by atoms with Gasteiger partial charge in [0.15, 0.2) is 5.82 Å². The van der Waals surface area contributed by atoms with Crippen molar-refractivity contribution in [2.75, 3.05) is 12.4 Å². The minimum Gasteiger partial charge on any atom is -0.466 e. The van der Waals surface area contributed by atoms with Gasteiger partial charge in [-0.05, 0) is 54.6 Å². The SMILES string of the molecule is COc1nc(-c2cccc(C(F)(F)F)c2)n(-c2ccc(NC(=O)c3cccc(Br)c3)cc2)n1. The first-order chi connectivity index (χ1) is 15.7. The van der Waals surface area contributed by atoms with Gasteiger partial charge >= 0.3 is 12.2 Å². The maximum Gasteiger partial charge on any atom is 0.416 e. The summed E-state index contributed by atoms with van der Waals surface area (Å²) in [7, 11) is 1.37. The fourth-order valence-corrected chi connectivity index (χ4v) is 3.50. The Hall–Kier alpha value is -3.66. The van der Waals surface area contributed by atoms with Crippen LogP contribution in [0.3, 0.4) is 0 Å². The standard InChI is InChI=1S/C23H16BrF3N4O2/c1-33-22-29-20(14-4-2-6-16(12-14)23(25,26)27)31(30-22)19-10-8-18(9-11-19)28-21(32)15-5-3-7-17(24)13-15/h2-13H,1H3,(H,28,32). The smallest absolute Gasteiger partial charge is 0.416 e. The lowest BCUT2D eigenvalue weighted by Crippen LogP contribution is -2.11. The highest BCUT2D eigenvalue weighted by Gasteiger charge is 2.31. The number of alkyl halides is 3. The second-order valence-corrected chi connectivity index (χ2v) is 7.84. The van der Waals surface area contributed by atoms with Gasteiger partial charge in [-0.15, -0.1) is 5.10 Å². The molecule has 0 spiro atoms. The quantitative estimate of drug-likeness (QED) is 0.354. The first-order valence-electron chi connectivity index (χ1n) is 9.60. The number of carbonyl (C=O) groups excluding carboxylic acids is 1. The fraction of sp³-hybridized carbons (Fsp3) is 0.0870. The van der Waals surface area contributed by atoms with Gasteiger partial charge in [-0.2, -0.15) is 18.2 Å². The summed E-state index contributed by atoms with van der Waals surface area (Å²) >= 11 is 3.33. The Bertz CT molecular complexity index is 1300. The van der Waals surface area contributed by atoms with Crippen molar-refractivity contribution in [1.82, 2.24) is 14.8 Å². The van der Waals surface area contributed by atoms with Gasteiger partial charge in [0.1, 0.15) is 0 Å². The molecule has 0 saturated carbocycles.